The highest BCUT2D eigenvalue weighted by molar-refractivity contribution is 6.05. The maximum atomic E-state index is 13.0. The van der Waals surface area contributed by atoms with Gasteiger partial charge in [0.1, 0.15) is 0 Å². The van der Waals surface area contributed by atoms with E-state index in [1.54, 1.807) is 48.5 Å². The van der Waals surface area contributed by atoms with Gasteiger partial charge in [-0.1, -0.05) is 73.5 Å². The van der Waals surface area contributed by atoms with E-state index in [1.165, 1.54) is 4.90 Å². The number of imide groups is 1. The van der Waals surface area contributed by atoms with Crippen LogP contribution in [0.25, 0.3) is 0 Å². The van der Waals surface area contributed by atoms with Crippen LogP contribution in [0.4, 0.5) is 0 Å². The summed E-state index contributed by atoms with van der Waals surface area (Å²) in [5.74, 6) is -1.78. The summed E-state index contributed by atoms with van der Waals surface area (Å²) in [7, 11) is 0. The Balaban J connectivity index is 1.44. The molecule has 2 aromatic carbocycles. The molecular formula is C25H25NO5. The van der Waals surface area contributed by atoms with E-state index in [-0.39, 0.29) is 42.4 Å². The van der Waals surface area contributed by atoms with E-state index >= 15 is 0 Å². The number of fused-ring (bicyclic) bond motifs is 1. The summed E-state index contributed by atoms with van der Waals surface area (Å²) in [5.41, 5.74) is 1.02. The molecule has 1 aliphatic heterocycles. The average Bonchev–Trinajstić information content (AvgIpc) is 3.06. The van der Waals surface area contributed by atoms with Crippen molar-refractivity contribution in [1.29, 1.82) is 0 Å². The van der Waals surface area contributed by atoms with Crippen LogP contribution in [0.15, 0.2) is 60.7 Å². The zero-order chi connectivity index (χ0) is 21.8. The predicted molar refractivity (Wildman–Crippen MR) is 113 cm³/mol. The van der Waals surface area contributed by atoms with Crippen LogP contribution in [-0.4, -0.2) is 35.0 Å². The third-order valence-electron chi connectivity index (χ3n) is 6.12. The molecule has 0 spiro atoms. The van der Waals surface area contributed by atoms with Crippen molar-refractivity contribution >= 4 is 23.6 Å². The number of hydrogen-bond donors (Lipinski definition) is 0. The molecule has 0 bridgehead atoms. The molecule has 1 saturated carbocycles. The SMILES string of the molecule is O=C(CCN1C(=O)[C@H]2CCCC[C@@H]2C1=O)O[C@H](C(=O)c1ccccc1)c1ccccc1. The molecule has 0 N–H and O–H groups in total. The van der Waals surface area contributed by atoms with E-state index in [4.69, 9.17) is 4.74 Å². The van der Waals surface area contributed by atoms with Crippen LogP contribution >= 0.6 is 0 Å². The number of amides is 2. The van der Waals surface area contributed by atoms with Gasteiger partial charge in [-0.05, 0) is 12.8 Å². The van der Waals surface area contributed by atoms with Gasteiger partial charge >= 0.3 is 5.97 Å². The monoisotopic (exact) mass is 419 g/mol. The van der Waals surface area contributed by atoms with E-state index in [1.807, 2.05) is 12.1 Å². The smallest absolute Gasteiger partial charge is 0.308 e. The molecule has 2 aliphatic rings. The minimum Gasteiger partial charge on any atom is -0.449 e. The number of esters is 1. The van der Waals surface area contributed by atoms with Crippen molar-refractivity contribution in [3.8, 4) is 0 Å². The van der Waals surface area contributed by atoms with Crippen molar-refractivity contribution in [2.45, 2.75) is 38.2 Å². The minimum atomic E-state index is -1.08. The number of hydrogen-bond acceptors (Lipinski definition) is 5. The highest BCUT2D eigenvalue weighted by Gasteiger charge is 2.47. The van der Waals surface area contributed by atoms with Gasteiger partial charge in [0, 0.05) is 17.7 Å². The predicted octanol–water partition coefficient (Wildman–Crippen LogP) is 3.72. The van der Waals surface area contributed by atoms with Gasteiger partial charge in [-0.3, -0.25) is 24.1 Å². The van der Waals surface area contributed by atoms with E-state index < -0.39 is 12.1 Å². The first-order chi connectivity index (χ1) is 15.1. The first-order valence-corrected chi connectivity index (χ1v) is 10.7. The van der Waals surface area contributed by atoms with Crippen molar-refractivity contribution in [2.24, 2.45) is 11.8 Å². The van der Waals surface area contributed by atoms with Gasteiger partial charge in [0.15, 0.2) is 6.10 Å². The molecular weight excluding hydrogens is 394 g/mol. The van der Waals surface area contributed by atoms with E-state index in [0.29, 0.717) is 11.1 Å². The number of Topliss-reactive ketones (excluding diaryl/α,β-unsaturated/α-hetero) is 1. The Morgan fingerprint density at radius 1 is 0.871 bits per heavy atom. The fourth-order valence-electron chi connectivity index (χ4n) is 4.50. The number of likely N-dealkylation sites (tertiary alicyclic amines) is 1. The normalized spacial score (nSPS) is 21.5. The van der Waals surface area contributed by atoms with Crippen molar-refractivity contribution < 1.29 is 23.9 Å². The quantitative estimate of drug-likeness (QED) is 0.388. The molecule has 4 rings (SSSR count). The Labute approximate surface area is 181 Å². The lowest BCUT2D eigenvalue weighted by Gasteiger charge is -2.19. The topological polar surface area (TPSA) is 80.8 Å². The number of nitrogens with zero attached hydrogens (tertiary/aromatic N) is 1. The molecule has 6 heteroatoms. The molecule has 0 unspecified atom stereocenters. The second-order valence-corrected chi connectivity index (χ2v) is 8.09. The summed E-state index contributed by atoms with van der Waals surface area (Å²) in [6, 6.07) is 17.5. The van der Waals surface area contributed by atoms with Crippen LogP contribution < -0.4 is 0 Å². The number of ether oxygens (including phenoxy) is 1. The highest BCUT2D eigenvalue weighted by atomic mass is 16.5. The van der Waals surface area contributed by atoms with Crippen LogP contribution in [0.1, 0.15) is 54.1 Å². The molecule has 3 atom stereocenters. The zero-order valence-corrected chi connectivity index (χ0v) is 17.2. The van der Waals surface area contributed by atoms with Crippen molar-refractivity contribution in [2.75, 3.05) is 6.54 Å². The molecule has 2 aromatic rings. The summed E-state index contributed by atoms with van der Waals surface area (Å²) >= 11 is 0. The summed E-state index contributed by atoms with van der Waals surface area (Å²) < 4.78 is 5.56. The van der Waals surface area contributed by atoms with E-state index in [0.717, 1.165) is 25.7 Å². The van der Waals surface area contributed by atoms with Crippen LogP contribution in [0.3, 0.4) is 0 Å². The molecule has 1 heterocycles. The number of ketones is 1. The van der Waals surface area contributed by atoms with E-state index in [9.17, 15) is 19.2 Å². The van der Waals surface area contributed by atoms with Crippen molar-refractivity contribution in [1.82, 2.24) is 4.90 Å². The van der Waals surface area contributed by atoms with Gasteiger partial charge in [-0.15, -0.1) is 0 Å². The Morgan fingerprint density at radius 2 is 1.42 bits per heavy atom. The molecule has 6 nitrogen and oxygen atoms in total. The van der Waals surface area contributed by atoms with Crippen molar-refractivity contribution in [3.63, 3.8) is 0 Å². The lowest BCUT2D eigenvalue weighted by Crippen LogP contribution is -2.33. The third kappa shape index (κ3) is 4.43. The van der Waals surface area contributed by atoms with E-state index in [2.05, 4.69) is 0 Å². The Bertz CT molecular complexity index is 948. The lowest BCUT2D eigenvalue weighted by molar-refractivity contribution is -0.148. The number of carbonyl (C=O) groups is 4. The van der Waals surface area contributed by atoms with Gasteiger partial charge in [0.2, 0.25) is 17.6 Å². The van der Waals surface area contributed by atoms with Gasteiger partial charge in [-0.25, -0.2) is 0 Å². The van der Waals surface area contributed by atoms with Gasteiger partial charge < -0.3 is 4.74 Å². The Hall–Kier alpha value is -3.28. The fraction of sp³-hybridized carbons (Fsp3) is 0.360. The molecule has 2 fully saturated rings. The minimum absolute atomic E-state index is 0.00939. The molecule has 0 aromatic heterocycles. The van der Waals surface area contributed by atoms with Crippen LogP contribution in [0.5, 0.6) is 0 Å². The van der Waals surface area contributed by atoms with Crippen LogP contribution in [0, 0.1) is 11.8 Å². The largest absolute Gasteiger partial charge is 0.449 e. The number of carbonyl (C=O) groups excluding carboxylic acids is 4. The summed E-state index contributed by atoms with van der Waals surface area (Å²) in [5, 5.41) is 0. The van der Waals surface area contributed by atoms with Crippen LogP contribution in [-0.2, 0) is 19.1 Å². The first kappa shape index (κ1) is 21.0. The second kappa shape index (κ2) is 9.25. The van der Waals surface area contributed by atoms with Gasteiger partial charge in [-0.2, -0.15) is 0 Å². The molecule has 160 valence electrons. The molecule has 2 amide bonds. The average molecular weight is 419 g/mol. The molecule has 1 aliphatic carbocycles. The second-order valence-electron chi connectivity index (χ2n) is 8.09. The maximum Gasteiger partial charge on any atom is 0.308 e. The van der Waals surface area contributed by atoms with Gasteiger partial charge in [0.25, 0.3) is 0 Å². The molecule has 1 saturated heterocycles. The number of benzene rings is 2. The standard InChI is InChI=1S/C25H25NO5/c27-21(15-16-26-24(29)19-13-7-8-14-20(19)25(26)30)31-23(18-11-5-2-6-12-18)22(28)17-9-3-1-4-10-17/h1-6,9-12,19-20,23H,7-8,13-16H2/t19-,20-,23-/m0/s1. The third-order valence-corrected chi connectivity index (χ3v) is 6.12. The van der Waals surface area contributed by atoms with Gasteiger partial charge in [0.05, 0.1) is 18.3 Å². The van der Waals surface area contributed by atoms with Crippen LogP contribution in [0.2, 0.25) is 0 Å². The zero-order valence-electron chi connectivity index (χ0n) is 17.2. The molecule has 0 radical (unpaired) electrons. The highest BCUT2D eigenvalue weighted by Crippen LogP contribution is 2.38. The lowest BCUT2D eigenvalue weighted by atomic mass is 9.81. The van der Waals surface area contributed by atoms with Crippen molar-refractivity contribution in [3.05, 3.63) is 71.8 Å². The summed E-state index contributed by atoms with van der Waals surface area (Å²) in [4.78, 5) is 52.0. The number of rotatable bonds is 7. The Kier molecular flexibility index (Phi) is 6.26. The summed E-state index contributed by atoms with van der Waals surface area (Å²) in [6.45, 7) is -0.00939. The summed E-state index contributed by atoms with van der Waals surface area (Å²) in [6.07, 6.45) is 2.16. The molecule has 31 heavy (non-hydrogen) atoms. The fourth-order valence-corrected chi connectivity index (χ4v) is 4.50. The first-order valence-electron chi connectivity index (χ1n) is 10.7. The Morgan fingerprint density at radius 3 is 2.00 bits per heavy atom. The maximum absolute atomic E-state index is 13.0.